The zero-order valence-corrected chi connectivity index (χ0v) is 10.1. The molecule has 0 radical (unpaired) electrons. The standard InChI is InChI=1S/C13H20ClN/c1-12(10-14)6-5-9-15-11-13-7-3-2-4-8-13/h2-4,7-8,12,15H,5-6,9-11H2,1H3. The van der Waals surface area contributed by atoms with Crippen molar-refractivity contribution >= 4 is 11.6 Å². The molecule has 0 spiro atoms. The maximum absolute atomic E-state index is 5.74. The van der Waals surface area contributed by atoms with Crippen LogP contribution < -0.4 is 5.32 Å². The van der Waals surface area contributed by atoms with Crippen molar-refractivity contribution in [3.05, 3.63) is 35.9 Å². The highest BCUT2D eigenvalue weighted by atomic mass is 35.5. The Balaban J connectivity index is 2.03. The summed E-state index contributed by atoms with van der Waals surface area (Å²) in [6.45, 7) is 4.25. The smallest absolute Gasteiger partial charge is 0.0249 e. The van der Waals surface area contributed by atoms with Gasteiger partial charge in [-0.15, -0.1) is 11.6 Å². The van der Waals surface area contributed by atoms with Crippen LogP contribution >= 0.6 is 11.6 Å². The van der Waals surface area contributed by atoms with Crippen LogP contribution in [0.1, 0.15) is 25.3 Å². The molecule has 1 rings (SSSR count). The molecule has 0 bridgehead atoms. The molecule has 0 fully saturated rings. The van der Waals surface area contributed by atoms with Crippen LogP contribution in [0.4, 0.5) is 0 Å². The van der Waals surface area contributed by atoms with Gasteiger partial charge in [-0.2, -0.15) is 0 Å². The molecule has 1 nitrogen and oxygen atoms in total. The summed E-state index contributed by atoms with van der Waals surface area (Å²) in [6.07, 6.45) is 2.42. The Bertz CT molecular complexity index is 248. The molecule has 0 aliphatic heterocycles. The molecule has 2 heteroatoms. The first-order chi connectivity index (χ1) is 7.33. The van der Waals surface area contributed by atoms with Crippen LogP contribution in [-0.4, -0.2) is 12.4 Å². The monoisotopic (exact) mass is 225 g/mol. The Morgan fingerprint density at radius 3 is 2.67 bits per heavy atom. The fourth-order valence-electron chi connectivity index (χ4n) is 1.48. The topological polar surface area (TPSA) is 12.0 Å². The van der Waals surface area contributed by atoms with E-state index in [0.29, 0.717) is 5.92 Å². The van der Waals surface area contributed by atoms with E-state index in [1.165, 1.54) is 18.4 Å². The summed E-state index contributed by atoms with van der Waals surface area (Å²) < 4.78 is 0. The van der Waals surface area contributed by atoms with Gasteiger partial charge in [0.1, 0.15) is 0 Å². The fraction of sp³-hybridized carbons (Fsp3) is 0.538. The van der Waals surface area contributed by atoms with E-state index in [1.54, 1.807) is 0 Å². The summed E-state index contributed by atoms with van der Waals surface area (Å²) in [7, 11) is 0. The predicted octanol–water partition coefficient (Wildman–Crippen LogP) is 3.43. The number of benzene rings is 1. The van der Waals surface area contributed by atoms with Crippen LogP contribution in [0, 0.1) is 5.92 Å². The number of hydrogen-bond acceptors (Lipinski definition) is 1. The van der Waals surface area contributed by atoms with Gasteiger partial charge in [0, 0.05) is 12.4 Å². The highest BCUT2D eigenvalue weighted by Crippen LogP contribution is 2.06. The van der Waals surface area contributed by atoms with E-state index in [9.17, 15) is 0 Å². The van der Waals surface area contributed by atoms with Crippen molar-refractivity contribution in [2.75, 3.05) is 12.4 Å². The molecule has 1 atom stereocenters. The van der Waals surface area contributed by atoms with Gasteiger partial charge in [-0.25, -0.2) is 0 Å². The van der Waals surface area contributed by atoms with E-state index in [0.717, 1.165) is 19.0 Å². The average Bonchev–Trinajstić information content (AvgIpc) is 2.29. The summed E-state index contributed by atoms with van der Waals surface area (Å²) in [4.78, 5) is 0. The quantitative estimate of drug-likeness (QED) is 0.554. The first-order valence-electron chi connectivity index (χ1n) is 5.63. The first-order valence-corrected chi connectivity index (χ1v) is 6.17. The Morgan fingerprint density at radius 1 is 1.27 bits per heavy atom. The molecular weight excluding hydrogens is 206 g/mol. The molecule has 0 saturated carbocycles. The van der Waals surface area contributed by atoms with E-state index in [4.69, 9.17) is 11.6 Å². The molecule has 1 unspecified atom stereocenters. The number of hydrogen-bond donors (Lipinski definition) is 1. The summed E-state index contributed by atoms with van der Waals surface area (Å²) in [6, 6.07) is 10.5. The van der Waals surface area contributed by atoms with E-state index < -0.39 is 0 Å². The van der Waals surface area contributed by atoms with Crippen molar-refractivity contribution < 1.29 is 0 Å². The van der Waals surface area contributed by atoms with Crippen LogP contribution in [0.3, 0.4) is 0 Å². The number of alkyl halides is 1. The molecule has 1 N–H and O–H groups in total. The van der Waals surface area contributed by atoms with Crippen LogP contribution in [0.2, 0.25) is 0 Å². The highest BCUT2D eigenvalue weighted by molar-refractivity contribution is 6.18. The van der Waals surface area contributed by atoms with Gasteiger partial charge in [0.2, 0.25) is 0 Å². The normalized spacial score (nSPS) is 12.7. The van der Waals surface area contributed by atoms with E-state index in [1.807, 2.05) is 6.07 Å². The first kappa shape index (κ1) is 12.5. The zero-order valence-electron chi connectivity index (χ0n) is 9.38. The predicted molar refractivity (Wildman–Crippen MR) is 67.3 cm³/mol. The second kappa shape index (κ2) is 7.72. The summed E-state index contributed by atoms with van der Waals surface area (Å²) in [5, 5.41) is 3.44. The van der Waals surface area contributed by atoms with Gasteiger partial charge in [-0.3, -0.25) is 0 Å². The van der Waals surface area contributed by atoms with Crippen LogP contribution in [0.5, 0.6) is 0 Å². The van der Waals surface area contributed by atoms with Gasteiger partial charge in [0.25, 0.3) is 0 Å². The van der Waals surface area contributed by atoms with Crippen LogP contribution in [-0.2, 0) is 6.54 Å². The van der Waals surface area contributed by atoms with Crippen molar-refractivity contribution in [3.63, 3.8) is 0 Å². The van der Waals surface area contributed by atoms with Crippen molar-refractivity contribution in [2.45, 2.75) is 26.3 Å². The second-order valence-electron chi connectivity index (χ2n) is 4.06. The lowest BCUT2D eigenvalue weighted by atomic mass is 10.1. The Labute approximate surface area is 97.8 Å². The van der Waals surface area contributed by atoms with E-state index in [2.05, 4.69) is 36.5 Å². The lowest BCUT2D eigenvalue weighted by Gasteiger charge is -2.08. The van der Waals surface area contributed by atoms with Crippen LogP contribution in [0.15, 0.2) is 30.3 Å². The molecule has 1 aromatic carbocycles. The van der Waals surface area contributed by atoms with Gasteiger partial charge >= 0.3 is 0 Å². The Morgan fingerprint density at radius 2 is 2.00 bits per heavy atom. The molecule has 15 heavy (non-hydrogen) atoms. The molecule has 0 aromatic heterocycles. The maximum Gasteiger partial charge on any atom is 0.0249 e. The van der Waals surface area contributed by atoms with Gasteiger partial charge < -0.3 is 5.32 Å². The number of nitrogens with one attached hydrogen (secondary N) is 1. The van der Waals surface area contributed by atoms with Gasteiger partial charge in [-0.1, -0.05) is 37.3 Å². The highest BCUT2D eigenvalue weighted by Gasteiger charge is 1.98. The second-order valence-corrected chi connectivity index (χ2v) is 4.37. The lowest BCUT2D eigenvalue weighted by molar-refractivity contribution is 0.531. The largest absolute Gasteiger partial charge is 0.313 e. The lowest BCUT2D eigenvalue weighted by Crippen LogP contribution is -2.15. The molecule has 0 aliphatic rings. The zero-order chi connectivity index (χ0) is 10.9. The Hall–Kier alpha value is -0.530. The minimum atomic E-state index is 0.644. The molecular formula is C13H20ClN. The molecule has 0 saturated heterocycles. The summed E-state index contributed by atoms with van der Waals surface area (Å²) in [5.74, 6) is 1.42. The molecule has 0 aliphatic carbocycles. The Kier molecular flexibility index (Phi) is 6.45. The minimum absolute atomic E-state index is 0.644. The SMILES string of the molecule is CC(CCl)CCCNCc1ccccc1. The van der Waals surface area contributed by atoms with Crippen molar-refractivity contribution in [1.82, 2.24) is 5.32 Å². The van der Waals surface area contributed by atoms with Crippen molar-refractivity contribution in [3.8, 4) is 0 Å². The third-order valence-electron chi connectivity index (χ3n) is 2.49. The maximum atomic E-state index is 5.74. The number of rotatable bonds is 7. The molecule has 0 heterocycles. The average molecular weight is 226 g/mol. The fourth-order valence-corrected chi connectivity index (χ4v) is 1.64. The number of halogens is 1. The minimum Gasteiger partial charge on any atom is -0.313 e. The van der Waals surface area contributed by atoms with Gasteiger partial charge in [-0.05, 0) is 30.9 Å². The molecule has 1 aromatic rings. The van der Waals surface area contributed by atoms with Crippen molar-refractivity contribution in [1.29, 1.82) is 0 Å². The van der Waals surface area contributed by atoms with Gasteiger partial charge in [0.05, 0.1) is 0 Å². The summed E-state index contributed by atoms with van der Waals surface area (Å²) >= 11 is 5.74. The third kappa shape index (κ3) is 5.81. The van der Waals surface area contributed by atoms with E-state index >= 15 is 0 Å². The molecule has 0 amide bonds. The van der Waals surface area contributed by atoms with Gasteiger partial charge in [0.15, 0.2) is 0 Å². The van der Waals surface area contributed by atoms with E-state index in [-0.39, 0.29) is 0 Å². The third-order valence-corrected chi connectivity index (χ3v) is 3.01. The molecule has 84 valence electrons. The van der Waals surface area contributed by atoms with Crippen molar-refractivity contribution in [2.24, 2.45) is 5.92 Å². The summed E-state index contributed by atoms with van der Waals surface area (Å²) in [5.41, 5.74) is 1.35. The van der Waals surface area contributed by atoms with Crippen LogP contribution in [0.25, 0.3) is 0 Å².